The molecule has 2 fully saturated rings. The SMILES string of the molecule is CN1CCCCC1CCN1CCC(Cn2cnc(C(F)F)cc2=O)CC1. The van der Waals surface area contributed by atoms with Gasteiger partial charge in [-0.2, -0.15) is 0 Å². The minimum Gasteiger partial charge on any atom is -0.303 e. The van der Waals surface area contributed by atoms with Crippen molar-refractivity contribution in [3.8, 4) is 0 Å². The summed E-state index contributed by atoms with van der Waals surface area (Å²) < 4.78 is 26.7. The van der Waals surface area contributed by atoms with Crippen LogP contribution in [0.2, 0.25) is 0 Å². The van der Waals surface area contributed by atoms with Gasteiger partial charge in [-0.25, -0.2) is 13.8 Å². The Morgan fingerprint density at radius 3 is 2.62 bits per heavy atom. The molecule has 1 aromatic heterocycles. The molecule has 0 bridgehead atoms. The third-order valence-corrected chi connectivity index (χ3v) is 5.99. The first-order chi connectivity index (χ1) is 12.5. The Kier molecular flexibility index (Phi) is 6.75. The van der Waals surface area contributed by atoms with Crippen molar-refractivity contribution in [1.82, 2.24) is 19.4 Å². The standard InChI is InChI=1S/C19H30F2N4O/c1-23-8-3-2-4-16(23)7-11-24-9-5-15(6-10-24)13-25-14-22-17(19(20)21)12-18(25)26/h12,14-16,19H,2-11,13H2,1H3. The number of hydrogen-bond donors (Lipinski definition) is 0. The molecule has 0 saturated carbocycles. The van der Waals surface area contributed by atoms with Gasteiger partial charge in [0.2, 0.25) is 0 Å². The van der Waals surface area contributed by atoms with Crippen molar-refractivity contribution < 1.29 is 8.78 Å². The van der Waals surface area contributed by atoms with Crippen LogP contribution in [0, 0.1) is 5.92 Å². The van der Waals surface area contributed by atoms with E-state index in [9.17, 15) is 13.6 Å². The third-order valence-electron chi connectivity index (χ3n) is 5.99. The van der Waals surface area contributed by atoms with Gasteiger partial charge in [0.05, 0.1) is 6.33 Å². The van der Waals surface area contributed by atoms with Crippen molar-refractivity contribution in [1.29, 1.82) is 0 Å². The molecule has 2 saturated heterocycles. The van der Waals surface area contributed by atoms with Crippen LogP contribution in [-0.4, -0.2) is 58.6 Å². The molecule has 0 aliphatic carbocycles. The van der Waals surface area contributed by atoms with Crippen LogP contribution in [0.25, 0.3) is 0 Å². The number of aromatic nitrogens is 2. The minimum atomic E-state index is -2.69. The zero-order chi connectivity index (χ0) is 18.5. The first-order valence-electron chi connectivity index (χ1n) is 9.80. The summed E-state index contributed by atoms with van der Waals surface area (Å²) in [4.78, 5) is 20.7. The van der Waals surface area contributed by atoms with E-state index < -0.39 is 12.1 Å². The number of alkyl halides is 2. The molecule has 1 aromatic rings. The molecule has 26 heavy (non-hydrogen) atoms. The van der Waals surface area contributed by atoms with E-state index in [2.05, 4.69) is 21.8 Å². The Bertz CT molecular complexity index is 628. The summed E-state index contributed by atoms with van der Waals surface area (Å²) in [5.41, 5.74) is -0.813. The molecule has 146 valence electrons. The lowest BCUT2D eigenvalue weighted by atomic mass is 9.95. The molecule has 3 rings (SSSR count). The van der Waals surface area contributed by atoms with Gasteiger partial charge in [0.1, 0.15) is 5.69 Å². The van der Waals surface area contributed by atoms with Gasteiger partial charge in [0.25, 0.3) is 12.0 Å². The summed E-state index contributed by atoms with van der Waals surface area (Å²) in [7, 11) is 2.24. The van der Waals surface area contributed by atoms with Gasteiger partial charge in [0, 0.05) is 18.7 Å². The van der Waals surface area contributed by atoms with E-state index in [0.717, 1.165) is 44.6 Å². The average molecular weight is 368 g/mol. The van der Waals surface area contributed by atoms with E-state index in [0.29, 0.717) is 12.5 Å². The normalized spacial score (nSPS) is 23.6. The van der Waals surface area contributed by atoms with Crippen molar-refractivity contribution in [3.05, 3.63) is 28.4 Å². The topological polar surface area (TPSA) is 41.4 Å². The first kappa shape index (κ1) is 19.4. The van der Waals surface area contributed by atoms with Crippen LogP contribution in [0.4, 0.5) is 8.78 Å². The monoisotopic (exact) mass is 368 g/mol. The highest BCUT2D eigenvalue weighted by atomic mass is 19.3. The zero-order valence-electron chi connectivity index (χ0n) is 15.6. The molecule has 0 N–H and O–H groups in total. The van der Waals surface area contributed by atoms with Gasteiger partial charge in [-0.1, -0.05) is 6.42 Å². The fourth-order valence-electron chi connectivity index (χ4n) is 4.21. The Hall–Kier alpha value is -1.34. The van der Waals surface area contributed by atoms with Crippen LogP contribution >= 0.6 is 0 Å². The second-order valence-corrected chi connectivity index (χ2v) is 7.81. The second-order valence-electron chi connectivity index (χ2n) is 7.81. The van der Waals surface area contributed by atoms with Crippen LogP contribution in [0.1, 0.15) is 50.6 Å². The molecule has 0 spiro atoms. The maximum atomic E-state index is 12.6. The number of hydrogen-bond acceptors (Lipinski definition) is 4. The van der Waals surface area contributed by atoms with E-state index in [1.165, 1.54) is 43.1 Å². The van der Waals surface area contributed by atoms with E-state index in [1.54, 1.807) is 0 Å². The summed E-state index contributed by atoms with van der Waals surface area (Å²) in [6.45, 7) is 5.05. The number of halogens is 2. The third kappa shape index (κ3) is 5.10. The van der Waals surface area contributed by atoms with Crippen LogP contribution in [-0.2, 0) is 6.54 Å². The highest BCUT2D eigenvalue weighted by molar-refractivity contribution is 5.00. The Morgan fingerprint density at radius 1 is 1.19 bits per heavy atom. The van der Waals surface area contributed by atoms with E-state index >= 15 is 0 Å². The maximum Gasteiger partial charge on any atom is 0.280 e. The predicted molar refractivity (Wildman–Crippen MR) is 97.5 cm³/mol. The highest BCUT2D eigenvalue weighted by Crippen LogP contribution is 2.22. The number of nitrogens with zero attached hydrogens (tertiary/aromatic N) is 4. The van der Waals surface area contributed by atoms with Crippen molar-refractivity contribution in [2.24, 2.45) is 5.92 Å². The van der Waals surface area contributed by atoms with Crippen LogP contribution in [0.3, 0.4) is 0 Å². The zero-order valence-corrected chi connectivity index (χ0v) is 15.6. The molecule has 5 nitrogen and oxygen atoms in total. The Morgan fingerprint density at radius 2 is 1.96 bits per heavy atom. The smallest absolute Gasteiger partial charge is 0.280 e. The van der Waals surface area contributed by atoms with Crippen LogP contribution < -0.4 is 5.56 Å². The number of rotatable bonds is 6. The van der Waals surface area contributed by atoms with Crippen molar-refractivity contribution >= 4 is 0 Å². The number of likely N-dealkylation sites (tertiary alicyclic amines) is 2. The van der Waals surface area contributed by atoms with Gasteiger partial charge >= 0.3 is 0 Å². The largest absolute Gasteiger partial charge is 0.303 e. The lowest BCUT2D eigenvalue weighted by Crippen LogP contribution is -2.41. The van der Waals surface area contributed by atoms with Crippen LogP contribution in [0.15, 0.2) is 17.2 Å². The predicted octanol–water partition coefficient (Wildman–Crippen LogP) is 2.77. The van der Waals surface area contributed by atoms with Crippen molar-refractivity contribution in [3.63, 3.8) is 0 Å². The molecule has 0 amide bonds. The average Bonchev–Trinajstić information content (AvgIpc) is 2.64. The van der Waals surface area contributed by atoms with Gasteiger partial charge in [-0.15, -0.1) is 0 Å². The number of piperidine rings is 2. The highest BCUT2D eigenvalue weighted by Gasteiger charge is 2.23. The Labute approximate surface area is 154 Å². The summed E-state index contributed by atoms with van der Waals surface area (Å²) in [5.74, 6) is 0.417. The second kappa shape index (κ2) is 9.04. The fourth-order valence-corrected chi connectivity index (χ4v) is 4.21. The van der Waals surface area contributed by atoms with E-state index in [-0.39, 0.29) is 5.56 Å². The lowest BCUT2D eigenvalue weighted by Gasteiger charge is -2.36. The summed E-state index contributed by atoms with van der Waals surface area (Å²) >= 11 is 0. The summed E-state index contributed by atoms with van der Waals surface area (Å²) in [5, 5.41) is 0. The van der Waals surface area contributed by atoms with Crippen LogP contribution in [0.5, 0.6) is 0 Å². The summed E-state index contributed by atoms with van der Waals surface area (Å²) in [6, 6.07) is 1.68. The van der Waals surface area contributed by atoms with Crippen molar-refractivity contribution in [2.45, 2.75) is 57.5 Å². The molecule has 0 aromatic carbocycles. The van der Waals surface area contributed by atoms with E-state index in [4.69, 9.17) is 0 Å². The first-order valence-corrected chi connectivity index (χ1v) is 9.80. The lowest BCUT2D eigenvalue weighted by molar-refractivity contribution is 0.129. The Balaban J connectivity index is 1.43. The minimum absolute atomic E-state index is 0.377. The molecular weight excluding hydrogens is 338 g/mol. The van der Waals surface area contributed by atoms with Gasteiger partial charge in [-0.05, 0) is 71.2 Å². The fraction of sp³-hybridized carbons (Fsp3) is 0.789. The van der Waals surface area contributed by atoms with E-state index in [1.807, 2.05) is 0 Å². The molecule has 3 heterocycles. The van der Waals surface area contributed by atoms with Crippen molar-refractivity contribution in [2.75, 3.05) is 33.2 Å². The quantitative estimate of drug-likeness (QED) is 0.774. The molecular formula is C19H30F2N4O. The molecule has 7 heteroatoms. The summed E-state index contributed by atoms with van der Waals surface area (Å²) in [6.07, 6.45) is 5.90. The molecule has 1 unspecified atom stereocenters. The van der Waals surface area contributed by atoms with Gasteiger partial charge < -0.3 is 9.80 Å². The molecule has 1 atom stereocenters. The maximum absolute atomic E-state index is 12.6. The molecule has 2 aliphatic rings. The molecule has 0 radical (unpaired) electrons. The van der Waals surface area contributed by atoms with Gasteiger partial charge in [-0.3, -0.25) is 9.36 Å². The molecule has 2 aliphatic heterocycles. The van der Waals surface area contributed by atoms with Gasteiger partial charge in [0.15, 0.2) is 0 Å².